The lowest BCUT2D eigenvalue weighted by atomic mass is 9.98. The van der Waals surface area contributed by atoms with Gasteiger partial charge in [-0.25, -0.2) is 9.59 Å². The third-order valence-corrected chi connectivity index (χ3v) is 4.25. The van der Waals surface area contributed by atoms with Gasteiger partial charge in [-0.15, -0.1) is 0 Å². The highest BCUT2D eigenvalue weighted by molar-refractivity contribution is 5.74. The fourth-order valence-corrected chi connectivity index (χ4v) is 3.00. The number of carbonyl (C=O) groups is 2. The van der Waals surface area contributed by atoms with Crippen molar-refractivity contribution in [1.82, 2.24) is 15.5 Å². The number of carbonyl (C=O) groups excluding carboxylic acids is 2. The minimum atomic E-state index is -0.528. The van der Waals surface area contributed by atoms with Gasteiger partial charge in [0.25, 0.3) is 0 Å². The van der Waals surface area contributed by atoms with Gasteiger partial charge in [0.15, 0.2) is 11.5 Å². The third kappa shape index (κ3) is 4.01. The number of piperidine rings is 1. The molecule has 0 saturated carbocycles. The van der Waals surface area contributed by atoms with E-state index in [2.05, 4.69) is 10.6 Å². The fourth-order valence-electron chi connectivity index (χ4n) is 3.00. The molecule has 0 unspecified atom stereocenters. The molecule has 8 nitrogen and oxygen atoms in total. The molecule has 1 atom stereocenters. The average Bonchev–Trinajstić information content (AvgIpc) is 3.06. The fraction of sp³-hybridized carbons (Fsp3) is 0.500. The molecular weight excluding hydrogens is 312 g/mol. The van der Waals surface area contributed by atoms with Crippen LogP contribution in [0.2, 0.25) is 0 Å². The first-order chi connectivity index (χ1) is 11.6. The molecule has 1 fully saturated rings. The summed E-state index contributed by atoms with van der Waals surface area (Å²) < 4.78 is 10.6. The zero-order valence-corrected chi connectivity index (χ0v) is 13.4. The van der Waals surface area contributed by atoms with Gasteiger partial charge in [-0.1, -0.05) is 6.07 Å². The van der Waals surface area contributed by atoms with Crippen LogP contribution in [0.15, 0.2) is 18.2 Å². The molecule has 0 radical (unpaired) electrons. The number of amides is 4. The largest absolute Gasteiger partial charge is 0.454 e. The zero-order valence-electron chi connectivity index (χ0n) is 13.4. The highest BCUT2D eigenvalue weighted by Crippen LogP contribution is 2.32. The number of fused-ring (bicyclic) bond motifs is 1. The van der Waals surface area contributed by atoms with Crippen molar-refractivity contribution in [3.05, 3.63) is 23.8 Å². The second kappa shape index (κ2) is 7.29. The smallest absolute Gasteiger partial charge is 0.317 e. The number of hydrogen-bond acceptors (Lipinski definition) is 4. The Morgan fingerprint density at radius 2 is 2.08 bits per heavy atom. The van der Waals surface area contributed by atoms with Crippen molar-refractivity contribution in [2.45, 2.75) is 19.4 Å². The highest BCUT2D eigenvalue weighted by atomic mass is 16.7. The molecule has 4 N–H and O–H groups in total. The van der Waals surface area contributed by atoms with Crippen molar-refractivity contribution in [1.29, 1.82) is 0 Å². The number of nitrogens with zero attached hydrogens (tertiary/aromatic N) is 1. The number of urea groups is 2. The van der Waals surface area contributed by atoms with Gasteiger partial charge in [0, 0.05) is 26.2 Å². The molecule has 1 aromatic carbocycles. The van der Waals surface area contributed by atoms with Gasteiger partial charge in [0.1, 0.15) is 0 Å². The van der Waals surface area contributed by atoms with Gasteiger partial charge < -0.3 is 30.7 Å². The van der Waals surface area contributed by atoms with Crippen molar-refractivity contribution in [3.8, 4) is 11.5 Å². The topological polar surface area (TPSA) is 106 Å². The molecule has 2 aliphatic rings. The molecule has 0 aliphatic carbocycles. The molecule has 4 amide bonds. The van der Waals surface area contributed by atoms with E-state index in [-0.39, 0.29) is 18.7 Å². The maximum Gasteiger partial charge on any atom is 0.317 e. The van der Waals surface area contributed by atoms with Gasteiger partial charge in [0.05, 0.1) is 0 Å². The quantitative estimate of drug-likeness (QED) is 0.764. The predicted octanol–water partition coefficient (Wildman–Crippen LogP) is 1.01. The summed E-state index contributed by atoms with van der Waals surface area (Å²) >= 11 is 0. The van der Waals surface area contributed by atoms with Crippen molar-refractivity contribution in [3.63, 3.8) is 0 Å². The van der Waals surface area contributed by atoms with E-state index in [9.17, 15) is 9.59 Å². The lowest BCUT2D eigenvalue weighted by Crippen LogP contribution is -2.47. The lowest BCUT2D eigenvalue weighted by molar-refractivity contribution is 0.164. The van der Waals surface area contributed by atoms with E-state index in [4.69, 9.17) is 15.2 Å². The summed E-state index contributed by atoms with van der Waals surface area (Å²) in [5.41, 5.74) is 6.05. The molecule has 1 aromatic rings. The molecule has 1 saturated heterocycles. The van der Waals surface area contributed by atoms with E-state index in [1.54, 1.807) is 4.90 Å². The Kier molecular flexibility index (Phi) is 4.93. The van der Waals surface area contributed by atoms with Crippen LogP contribution < -0.4 is 25.8 Å². The van der Waals surface area contributed by atoms with E-state index in [0.29, 0.717) is 25.4 Å². The summed E-state index contributed by atoms with van der Waals surface area (Å²) in [7, 11) is 0. The molecule has 2 aliphatic heterocycles. The Morgan fingerprint density at radius 3 is 2.92 bits per heavy atom. The van der Waals surface area contributed by atoms with Crippen LogP contribution in [-0.2, 0) is 6.54 Å². The number of rotatable bonds is 4. The van der Waals surface area contributed by atoms with E-state index < -0.39 is 6.03 Å². The average molecular weight is 334 g/mol. The standard InChI is InChI=1S/C16H22N4O4/c17-15(21)18-8-12-2-1-5-20(9-12)16(22)19-7-11-3-4-13-14(6-11)24-10-23-13/h3-4,6,12H,1-2,5,7-10H2,(H,19,22)(H3,17,18,21)/t12-/m0/s1. The monoisotopic (exact) mass is 334 g/mol. The zero-order chi connectivity index (χ0) is 16.9. The van der Waals surface area contributed by atoms with Crippen LogP contribution in [-0.4, -0.2) is 43.4 Å². The van der Waals surface area contributed by atoms with E-state index in [1.165, 1.54) is 0 Å². The SMILES string of the molecule is NC(=O)NC[C@@H]1CCCN(C(=O)NCc2ccc3c(c2)OCO3)C1. The molecule has 0 aromatic heterocycles. The van der Waals surface area contributed by atoms with Crippen LogP contribution in [0.1, 0.15) is 18.4 Å². The number of hydrogen-bond donors (Lipinski definition) is 3. The maximum absolute atomic E-state index is 12.3. The molecule has 8 heteroatoms. The second-order valence-corrected chi connectivity index (χ2v) is 6.05. The number of likely N-dealkylation sites (tertiary alicyclic amines) is 1. The molecule has 0 bridgehead atoms. The molecular formula is C16H22N4O4. The van der Waals surface area contributed by atoms with Crippen LogP contribution in [0.4, 0.5) is 9.59 Å². The highest BCUT2D eigenvalue weighted by Gasteiger charge is 2.23. The first-order valence-corrected chi connectivity index (χ1v) is 8.06. The van der Waals surface area contributed by atoms with Crippen LogP contribution in [0, 0.1) is 5.92 Å². The molecule has 3 rings (SSSR count). The minimum absolute atomic E-state index is 0.101. The third-order valence-electron chi connectivity index (χ3n) is 4.25. The van der Waals surface area contributed by atoms with E-state index in [0.717, 1.165) is 30.7 Å². The number of ether oxygens (including phenoxy) is 2. The Balaban J connectivity index is 1.48. The Hall–Kier alpha value is -2.64. The summed E-state index contributed by atoms with van der Waals surface area (Å²) in [6.07, 6.45) is 1.90. The van der Waals surface area contributed by atoms with Gasteiger partial charge in [-0.3, -0.25) is 0 Å². The Morgan fingerprint density at radius 1 is 1.25 bits per heavy atom. The van der Waals surface area contributed by atoms with Crippen molar-refractivity contribution in [2.24, 2.45) is 11.7 Å². The summed E-state index contributed by atoms with van der Waals surface area (Å²) in [6, 6.07) is 4.99. The maximum atomic E-state index is 12.3. The second-order valence-electron chi connectivity index (χ2n) is 6.05. The van der Waals surface area contributed by atoms with Crippen molar-refractivity contribution in [2.75, 3.05) is 26.4 Å². The normalized spacial score (nSPS) is 19.0. The Labute approximate surface area is 140 Å². The summed E-state index contributed by atoms with van der Waals surface area (Å²) in [5, 5.41) is 5.54. The van der Waals surface area contributed by atoms with Crippen LogP contribution in [0.3, 0.4) is 0 Å². The van der Waals surface area contributed by atoms with Crippen LogP contribution >= 0.6 is 0 Å². The summed E-state index contributed by atoms with van der Waals surface area (Å²) in [6.45, 7) is 2.50. The van der Waals surface area contributed by atoms with E-state index in [1.807, 2.05) is 18.2 Å². The summed E-state index contributed by atoms with van der Waals surface area (Å²) in [5.74, 6) is 1.67. The molecule has 2 heterocycles. The van der Waals surface area contributed by atoms with Gasteiger partial charge >= 0.3 is 12.1 Å². The molecule has 130 valence electrons. The number of primary amides is 1. The number of benzene rings is 1. The molecule has 0 spiro atoms. The van der Waals surface area contributed by atoms with E-state index >= 15 is 0 Å². The minimum Gasteiger partial charge on any atom is -0.454 e. The van der Waals surface area contributed by atoms with Crippen LogP contribution in [0.5, 0.6) is 11.5 Å². The van der Waals surface area contributed by atoms with Gasteiger partial charge in [0.2, 0.25) is 6.79 Å². The lowest BCUT2D eigenvalue weighted by Gasteiger charge is -2.32. The number of nitrogens with two attached hydrogens (primary N) is 1. The van der Waals surface area contributed by atoms with Crippen LogP contribution in [0.25, 0.3) is 0 Å². The summed E-state index contributed by atoms with van der Waals surface area (Å²) in [4.78, 5) is 24.9. The van der Waals surface area contributed by atoms with Gasteiger partial charge in [-0.2, -0.15) is 0 Å². The number of nitrogens with one attached hydrogen (secondary N) is 2. The Bertz CT molecular complexity index is 622. The predicted molar refractivity (Wildman–Crippen MR) is 86.7 cm³/mol. The van der Waals surface area contributed by atoms with Gasteiger partial charge in [-0.05, 0) is 36.5 Å². The van der Waals surface area contributed by atoms with Crippen molar-refractivity contribution >= 4 is 12.1 Å². The first kappa shape index (κ1) is 16.2. The molecule has 24 heavy (non-hydrogen) atoms. The first-order valence-electron chi connectivity index (χ1n) is 8.06. The van der Waals surface area contributed by atoms with Crippen molar-refractivity contribution < 1.29 is 19.1 Å².